The minimum atomic E-state index is -2.32. The van der Waals surface area contributed by atoms with Crippen molar-refractivity contribution < 1.29 is 48.3 Å². The lowest BCUT2D eigenvalue weighted by Gasteiger charge is -2.26. The predicted molar refractivity (Wildman–Crippen MR) is 225 cm³/mol. The van der Waals surface area contributed by atoms with Crippen LogP contribution in [0.25, 0.3) is 45.2 Å². The van der Waals surface area contributed by atoms with E-state index in [2.05, 4.69) is 9.97 Å². The SMILES string of the molecule is Fc1c(F)c(F)c(N(c2ccc(-c3ccc(-c4ccc(N(c5ccc(-c6ccccc6)nc5)c5c(F)c(F)c(F)c(F)c5F)cc4)o3)cc2)c2ccc(-c3ccccc3)nc2)c(F)c1F. The van der Waals surface area contributed by atoms with Crippen molar-refractivity contribution in [1.29, 1.82) is 0 Å². The van der Waals surface area contributed by atoms with Crippen LogP contribution in [0.5, 0.6) is 0 Å². The molecule has 9 aromatic rings. The van der Waals surface area contributed by atoms with Crippen molar-refractivity contribution in [2.75, 3.05) is 9.80 Å². The van der Waals surface area contributed by atoms with Crippen LogP contribution in [0.2, 0.25) is 0 Å². The summed E-state index contributed by atoms with van der Waals surface area (Å²) in [6, 6.07) is 38.4. The molecule has 65 heavy (non-hydrogen) atoms. The monoisotopic (exact) mass is 888 g/mol. The number of aromatic nitrogens is 2. The van der Waals surface area contributed by atoms with Gasteiger partial charge in [0.05, 0.1) is 35.2 Å². The van der Waals surface area contributed by atoms with Gasteiger partial charge < -0.3 is 14.2 Å². The Morgan fingerprint density at radius 1 is 0.292 bits per heavy atom. The maximum Gasteiger partial charge on any atom is 0.200 e. The highest BCUT2D eigenvalue weighted by Crippen LogP contribution is 2.43. The number of anilines is 6. The van der Waals surface area contributed by atoms with Gasteiger partial charge in [-0.25, -0.2) is 43.9 Å². The van der Waals surface area contributed by atoms with E-state index < -0.39 is 69.5 Å². The van der Waals surface area contributed by atoms with Gasteiger partial charge in [0.2, 0.25) is 11.6 Å². The molecule has 0 saturated heterocycles. The van der Waals surface area contributed by atoms with E-state index in [-0.39, 0.29) is 34.3 Å². The molecule has 0 bridgehead atoms. The van der Waals surface area contributed by atoms with Gasteiger partial charge >= 0.3 is 0 Å². The van der Waals surface area contributed by atoms with Crippen LogP contribution in [-0.2, 0) is 0 Å². The molecule has 9 rings (SSSR count). The molecular weight excluding hydrogens is 863 g/mol. The second kappa shape index (κ2) is 17.2. The molecule has 0 radical (unpaired) electrons. The van der Waals surface area contributed by atoms with Gasteiger partial charge in [-0.15, -0.1) is 0 Å². The number of hydrogen-bond acceptors (Lipinski definition) is 5. The first-order valence-corrected chi connectivity index (χ1v) is 19.4. The van der Waals surface area contributed by atoms with E-state index in [1.807, 2.05) is 0 Å². The van der Waals surface area contributed by atoms with Crippen molar-refractivity contribution in [2.24, 2.45) is 0 Å². The average Bonchev–Trinajstić information content (AvgIpc) is 3.86. The van der Waals surface area contributed by atoms with Crippen LogP contribution in [-0.4, -0.2) is 9.97 Å². The summed E-state index contributed by atoms with van der Waals surface area (Å²) in [4.78, 5) is 10.4. The largest absolute Gasteiger partial charge is 0.456 e. The Hall–Kier alpha value is -8.20. The minimum Gasteiger partial charge on any atom is -0.456 e. The Morgan fingerprint density at radius 2 is 0.600 bits per heavy atom. The van der Waals surface area contributed by atoms with Crippen LogP contribution in [0, 0.1) is 58.2 Å². The minimum absolute atomic E-state index is 0.00293. The molecule has 0 amide bonds. The van der Waals surface area contributed by atoms with Gasteiger partial charge in [0.15, 0.2) is 46.5 Å². The summed E-state index contributed by atoms with van der Waals surface area (Å²) in [5.74, 6) is -20.9. The predicted octanol–water partition coefficient (Wildman–Crippen LogP) is 15.1. The molecular formula is C50H26F10N4O. The van der Waals surface area contributed by atoms with Crippen molar-refractivity contribution in [2.45, 2.75) is 0 Å². The van der Waals surface area contributed by atoms with Gasteiger partial charge in [0, 0.05) is 33.6 Å². The summed E-state index contributed by atoms with van der Waals surface area (Å²) in [6.07, 6.45) is 2.47. The zero-order chi connectivity index (χ0) is 45.5. The zero-order valence-corrected chi connectivity index (χ0v) is 33.0. The van der Waals surface area contributed by atoms with E-state index in [1.54, 1.807) is 72.8 Å². The first-order chi connectivity index (χ1) is 31.4. The molecule has 5 nitrogen and oxygen atoms in total. The molecule has 0 fully saturated rings. The van der Waals surface area contributed by atoms with E-state index in [4.69, 9.17) is 4.42 Å². The topological polar surface area (TPSA) is 45.4 Å². The Morgan fingerprint density at radius 3 is 0.908 bits per heavy atom. The third-order valence-electron chi connectivity index (χ3n) is 10.4. The Labute approximate surface area is 362 Å². The first-order valence-electron chi connectivity index (χ1n) is 19.4. The first kappa shape index (κ1) is 42.1. The second-order valence-electron chi connectivity index (χ2n) is 14.3. The molecule has 0 aliphatic carbocycles. The fourth-order valence-corrected chi connectivity index (χ4v) is 7.19. The van der Waals surface area contributed by atoms with Crippen molar-refractivity contribution in [3.63, 3.8) is 0 Å². The van der Waals surface area contributed by atoms with Gasteiger partial charge in [-0.05, 0) is 84.9 Å². The van der Waals surface area contributed by atoms with E-state index in [1.165, 1.54) is 85.2 Å². The van der Waals surface area contributed by atoms with Crippen LogP contribution in [0.15, 0.2) is 162 Å². The standard InChI is InChI=1S/C50H26F10N4O/c51-39-41(53)45(57)49(46(58)42(39)54)63(33-19-21-35(61-25-33)27-7-3-1-4-8-27)31-15-11-29(12-16-31)37-23-24-38(65-37)30-13-17-32(18-14-30)64(50-47(59)43(55)40(52)44(56)48(50)60)34-20-22-36(62-26-34)28-9-5-2-6-10-28/h1-26H. The fraction of sp³-hybridized carbons (Fsp3) is 0. The number of furan rings is 1. The van der Waals surface area contributed by atoms with E-state index in [0.29, 0.717) is 33.6 Å². The lowest BCUT2D eigenvalue weighted by molar-refractivity contribution is 0.380. The van der Waals surface area contributed by atoms with Gasteiger partial charge in [-0.1, -0.05) is 60.7 Å². The summed E-state index contributed by atoms with van der Waals surface area (Å²) in [5, 5.41) is 0. The molecule has 0 unspecified atom stereocenters. The molecule has 3 heterocycles. The molecule has 0 spiro atoms. The number of halogens is 10. The van der Waals surface area contributed by atoms with Gasteiger partial charge in [-0.3, -0.25) is 9.97 Å². The molecule has 0 atom stereocenters. The highest BCUT2D eigenvalue weighted by Gasteiger charge is 2.33. The van der Waals surface area contributed by atoms with Crippen molar-refractivity contribution >= 4 is 34.1 Å². The Kier molecular flexibility index (Phi) is 11.1. The van der Waals surface area contributed by atoms with E-state index in [9.17, 15) is 26.3 Å². The maximum atomic E-state index is 15.4. The summed E-state index contributed by atoms with van der Waals surface area (Å²) >= 11 is 0. The van der Waals surface area contributed by atoms with Crippen LogP contribution in [0.1, 0.15) is 0 Å². The van der Waals surface area contributed by atoms with Crippen LogP contribution >= 0.6 is 0 Å². The average molecular weight is 889 g/mol. The fourth-order valence-electron chi connectivity index (χ4n) is 7.19. The number of rotatable bonds is 10. The van der Waals surface area contributed by atoms with Crippen molar-refractivity contribution in [1.82, 2.24) is 9.97 Å². The maximum absolute atomic E-state index is 15.4. The Bertz CT molecular complexity index is 2910. The zero-order valence-electron chi connectivity index (χ0n) is 33.0. The highest BCUT2D eigenvalue weighted by atomic mass is 19.2. The van der Waals surface area contributed by atoms with Crippen LogP contribution < -0.4 is 9.80 Å². The number of hydrogen-bond donors (Lipinski definition) is 0. The summed E-state index contributed by atoms with van der Waals surface area (Å²) in [6.45, 7) is 0. The Balaban J connectivity index is 1.04. The third-order valence-corrected chi connectivity index (χ3v) is 10.4. The lowest BCUT2D eigenvalue weighted by atomic mass is 10.1. The third kappa shape index (κ3) is 7.70. The summed E-state index contributed by atoms with van der Waals surface area (Å²) < 4.78 is 154. The number of benzene rings is 6. The molecule has 0 aliphatic rings. The summed E-state index contributed by atoms with van der Waals surface area (Å²) in [5.41, 5.74) is 0.733. The molecule has 6 aromatic carbocycles. The van der Waals surface area contributed by atoms with E-state index >= 15 is 17.6 Å². The molecule has 0 N–H and O–H groups in total. The van der Waals surface area contributed by atoms with Crippen molar-refractivity contribution in [3.8, 4) is 45.2 Å². The molecule has 0 saturated carbocycles. The second-order valence-corrected chi connectivity index (χ2v) is 14.3. The van der Waals surface area contributed by atoms with E-state index in [0.717, 1.165) is 9.80 Å². The van der Waals surface area contributed by atoms with Crippen molar-refractivity contribution in [3.05, 3.63) is 216 Å². The molecule has 3 aromatic heterocycles. The van der Waals surface area contributed by atoms with Crippen LogP contribution in [0.3, 0.4) is 0 Å². The lowest BCUT2D eigenvalue weighted by Crippen LogP contribution is -2.17. The quantitative estimate of drug-likeness (QED) is 0.0778. The van der Waals surface area contributed by atoms with Crippen LogP contribution in [0.4, 0.5) is 78.0 Å². The van der Waals surface area contributed by atoms with Gasteiger partial charge in [-0.2, -0.15) is 0 Å². The number of pyridine rings is 2. The van der Waals surface area contributed by atoms with Gasteiger partial charge in [0.25, 0.3) is 0 Å². The van der Waals surface area contributed by atoms with Gasteiger partial charge in [0.1, 0.15) is 22.9 Å². The summed E-state index contributed by atoms with van der Waals surface area (Å²) in [7, 11) is 0. The molecule has 0 aliphatic heterocycles. The molecule has 15 heteroatoms. The number of nitrogens with zero attached hydrogens (tertiary/aromatic N) is 4. The normalized spacial score (nSPS) is 11.2. The smallest absolute Gasteiger partial charge is 0.200 e. The molecule has 322 valence electrons. The highest BCUT2D eigenvalue weighted by molar-refractivity contribution is 5.81.